The maximum Gasteiger partial charge on any atom is 0.905 e. The highest BCUT2D eigenvalue weighted by Crippen LogP contribution is 2.29. The molecule has 0 saturated heterocycles. The highest BCUT2D eigenvalue weighted by Gasteiger charge is 2.42. The zero-order chi connectivity index (χ0) is 34.4. The van der Waals surface area contributed by atoms with Crippen LogP contribution < -0.4 is 0 Å². The highest BCUT2D eigenvalue weighted by atomic mass is 27.3. The topological polar surface area (TPSA) is 83.1 Å². The second kappa shape index (κ2) is 28.6. The average Bonchev–Trinajstić information content (AvgIpc) is 3.07. The minimum atomic E-state index is -2.78. The summed E-state index contributed by atoms with van der Waals surface area (Å²) in [5, 5.41) is 0. The van der Waals surface area contributed by atoms with Crippen molar-refractivity contribution in [3.05, 3.63) is 75.9 Å². The molecule has 0 rings (SSSR count). The summed E-state index contributed by atoms with van der Waals surface area (Å²) in [6.07, 6.45) is 12.7. The lowest BCUT2D eigenvalue weighted by atomic mass is 9.88. The average molecular weight is 667 g/mol. The van der Waals surface area contributed by atoms with Crippen LogP contribution in [0.15, 0.2) is 75.9 Å². The maximum atomic E-state index is 6.60. The lowest BCUT2D eigenvalue weighted by Crippen LogP contribution is -2.46. The van der Waals surface area contributed by atoms with E-state index in [9.17, 15) is 0 Å². The van der Waals surface area contributed by atoms with Crippen LogP contribution in [-0.4, -0.2) is 114 Å². The molecule has 0 aromatic carbocycles. The Morgan fingerprint density at radius 3 is 0.717 bits per heavy atom. The van der Waals surface area contributed by atoms with Crippen LogP contribution in [-0.2, 0) is 39.8 Å². The van der Waals surface area contributed by atoms with Gasteiger partial charge in [0.05, 0.1) is 79.3 Å². The first-order valence-electron chi connectivity index (χ1n) is 16.3. The van der Waals surface area contributed by atoms with Gasteiger partial charge < -0.3 is 39.8 Å². The van der Waals surface area contributed by atoms with Gasteiger partial charge in [0.2, 0.25) is 0 Å². The van der Waals surface area contributed by atoms with E-state index in [1.165, 1.54) is 0 Å². The fraction of sp³-hybridized carbons (Fsp3) is 0.667. The Hall–Kier alpha value is -1.39. The van der Waals surface area contributed by atoms with Crippen molar-refractivity contribution in [3.63, 3.8) is 0 Å². The van der Waals surface area contributed by atoms with Gasteiger partial charge in [0, 0.05) is 36.1 Å². The fourth-order valence-corrected chi connectivity index (χ4v) is 6.08. The van der Waals surface area contributed by atoms with Gasteiger partial charge in [0.25, 0.3) is 0 Å². The van der Waals surface area contributed by atoms with E-state index in [-0.39, 0.29) is 0 Å². The summed E-state index contributed by atoms with van der Waals surface area (Å²) in [6.45, 7) is 35.1. The van der Waals surface area contributed by atoms with Gasteiger partial charge in [-0.15, -0.1) is 39.5 Å². The summed E-state index contributed by atoms with van der Waals surface area (Å²) in [7, 11) is 0. The van der Waals surface area contributed by atoms with Gasteiger partial charge in [-0.1, -0.05) is 57.2 Å². The molecule has 9 nitrogen and oxygen atoms in total. The van der Waals surface area contributed by atoms with Gasteiger partial charge in [0.1, 0.15) is 0 Å². The van der Waals surface area contributed by atoms with E-state index < -0.39 is 31.4 Å². The third kappa shape index (κ3) is 19.4. The summed E-state index contributed by atoms with van der Waals surface area (Å²) in [4.78, 5) is 0. The van der Waals surface area contributed by atoms with Gasteiger partial charge in [-0.05, 0) is 19.3 Å². The molecule has 0 aliphatic heterocycles. The molecule has 0 fully saturated rings. The van der Waals surface area contributed by atoms with Crippen LogP contribution in [0.25, 0.3) is 0 Å². The second-order valence-corrected chi connectivity index (χ2v) is 13.2. The molecule has 0 bridgehead atoms. The van der Waals surface area contributed by atoms with Gasteiger partial charge >= 0.3 is 15.1 Å². The lowest BCUT2D eigenvalue weighted by Gasteiger charge is -2.36. The van der Waals surface area contributed by atoms with Crippen molar-refractivity contribution in [1.82, 2.24) is 0 Å². The number of hydrogen-bond donors (Lipinski definition) is 0. The molecule has 0 heterocycles. The molecule has 0 atom stereocenters. The van der Waals surface area contributed by atoms with Gasteiger partial charge in [-0.3, -0.25) is 0 Å². The molecule has 0 unspecified atom stereocenters. The van der Waals surface area contributed by atoms with Crippen LogP contribution in [0.5, 0.6) is 0 Å². The highest BCUT2D eigenvalue weighted by molar-refractivity contribution is 6.36. The van der Waals surface area contributed by atoms with E-state index in [0.717, 1.165) is 19.3 Å². The fourth-order valence-electron chi connectivity index (χ4n) is 4.32. The molecule has 0 amide bonds. The molecular weight excluding hydrogens is 603 g/mol. The second-order valence-electron chi connectivity index (χ2n) is 11.6. The van der Waals surface area contributed by atoms with Crippen LogP contribution in [0.1, 0.15) is 40.0 Å². The Morgan fingerprint density at radius 1 is 0.370 bits per heavy atom. The molecule has 264 valence electrons. The predicted molar refractivity (Wildman–Crippen MR) is 188 cm³/mol. The van der Waals surface area contributed by atoms with E-state index >= 15 is 0 Å². The molecule has 46 heavy (non-hydrogen) atoms. The van der Waals surface area contributed by atoms with Crippen molar-refractivity contribution < 1.29 is 39.8 Å². The smallest absolute Gasteiger partial charge is 0.454 e. The molecule has 0 aliphatic rings. The molecule has 0 saturated carbocycles. The summed E-state index contributed by atoms with van der Waals surface area (Å²) in [5.41, 5.74) is -1.27. The van der Waals surface area contributed by atoms with Crippen LogP contribution >= 0.6 is 0 Å². The Labute approximate surface area is 285 Å². The standard InChI is InChI=1S/3C12H21O3.Al/c3*1-4-7-14-10-12(6-3,9-13)11-15-8-5-2;/h3*4-5H,1-2,6-11H2,3H3;/q3*-1;+3. The monoisotopic (exact) mass is 666 g/mol. The Kier molecular flexibility index (Phi) is 27.7. The van der Waals surface area contributed by atoms with E-state index in [1.54, 1.807) is 36.5 Å². The van der Waals surface area contributed by atoms with Gasteiger partial charge in [-0.25, -0.2) is 0 Å². The van der Waals surface area contributed by atoms with Crippen LogP contribution in [0.4, 0.5) is 0 Å². The molecule has 0 spiro atoms. The van der Waals surface area contributed by atoms with Crippen molar-refractivity contribution in [3.8, 4) is 0 Å². The Morgan fingerprint density at radius 2 is 0.565 bits per heavy atom. The van der Waals surface area contributed by atoms with Crippen LogP contribution in [0.3, 0.4) is 0 Å². The van der Waals surface area contributed by atoms with Gasteiger partial charge in [0.15, 0.2) is 0 Å². The molecule has 0 aromatic heterocycles. The Bertz CT molecular complexity index is 673. The van der Waals surface area contributed by atoms with Crippen LogP contribution in [0, 0.1) is 16.2 Å². The Balaban J connectivity index is 6.23. The third-order valence-electron chi connectivity index (χ3n) is 7.69. The first-order chi connectivity index (χ1) is 22.3. The van der Waals surface area contributed by atoms with E-state index in [2.05, 4.69) is 60.2 Å². The number of hydrogen-bond acceptors (Lipinski definition) is 9. The summed E-state index contributed by atoms with van der Waals surface area (Å²) >= 11 is -2.78. The normalized spacial score (nSPS) is 12.1. The predicted octanol–water partition coefficient (Wildman–Crippen LogP) is 6.43. The molecule has 0 radical (unpaired) electrons. The quantitative estimate of drug-likeness (QED) is 0.0427. The van der Waals surface area contributed by atoms with E-state index in [0.29, 0.717) is 99.1 Å². The minimum Gasteiger partial charge on any atom is -0.454 e. The first-order valence-corrected chi connectivity index (χ1v) is 17.7. The summed E-state index contributed by atoms with van der Waals surface area (Å²) in [5.74, 6) is 0. The third-order valence-corrected chi connectivity index (χ3v) is 9.01. The zero-order valence-electron chi connectivity index (χ0n) is 29.2. The number of rotatable bonds is 36. The van der Waals surface area contributed by atoms with Crippen molar-refractivity contribution in [2.45, 2.75) is 40.0 Å². The maximum absolute atomic E-state index is 6.60. The summed E-state index contributed by atoms with van der Waals surface area (Å²) in [6, 6.07) is 0. The first kappa shape index (κ1) is 44.6. The molecule has 0 N–H and O–H groups in total. The molecular formula is C36H63AlO9. The molecule has 10 heteroatoms. The van der Waals surface area contributed by atoms with Gasteiger partial charge in [-0.2, -0.15) is 0 Å². The zero-order valence-corrected chi connectivity index (χ0v) is 30.3. The van der Waals surface area contributed by atoms with Crippen molar-refractivity contribution >= 4 is 15.1 Å². The lowest BCUT2D eigenvalue weighted by molar-refractivity contribution is -0.0812. The van der Waals surface area contributed by atoms with E-state index in [1.807, 2.05) is 0 Å². The van der Waals surface area contributed by atoms with E-state index in [4.69, 9.17) is 39.8 Å². The molecule has 0 aliphatic carbocycles. The summed E-state index contributed by atoms with van der Waals surface area (Å²) < 4.78 is 55.3. The number of ether oxygens (including phenoxy) is 6. The van der Waals surface area contributed by atoms with Crippen molar-refractivity contribution in [2.24, 2.45) is 16.2 Å². The van der Waals surface area contributed by atoms with Crippen molar-refractivity contribution in [1.29, 1.82) is 0 Å². The molecule has 0 aromatic rings. The largest absolute Gasteiger partial charge is 0.905 e. The SMILES string of the molecule is C=CCOCC(CC)(COCC=C)C[O][Al]([O]CC(CC)(COCC=C)COCC=C)[O]CC(CC)(COCC=C)COCC=C. The minimum absolute atomic E-state index is 0.326. The van der Waals surface area contributed by atoms with Crippen LogP contribution in [0.2, 0.25) is 0 Å². The van der Waals surface area contributed by atoms with Crippen molar-refractivity contribution in [2.75, 3.05) is 99.1 Å².